The van der Waals surface area contributed by atoms with Gasteiger partial charge in [0.05, 0.1) is 0 Å². The van der Waals surface area contributed by atoms with E-state index >= 15 is 0 Å². The van der Waals surface area contributed by atoms with Gasteiger partial charge in [0.1, 0.15) is 0 Å². The van der Waals surface area contributed by atoms with Gasteiger partial charge in [-0.25, -0.2) is 0 Å². The zero-order valence-corrected chi connectivity index (χ0v) is 10.6. The molecule has 3 N–H and O–H groups in total. The molecule has 2 nitrogen and oxygen atoms in total. The van der Waals surface area contributed by atoms with Crippen molar-refractivity contribution in [1.29, 1.82) is 0 Å². The largest absolute Gasteiger partial charge is 0.330 e. The van der Waals surface area contributed by atoms with E-state index in [1.54, 1.807) is 0 Å². The van der Waals surface area contributed by atoms with Gasteiger partial charge in [-0.2, -0.15) is 0 Å². The van der Waals surface area contributed by atoms with Crippen molar-refractivity contribution in [3.63, 3.8) is 0 Å². The fourth-order valence-electron chi connectivity index (χ4n) is 3.00. The van der Waals surface area contributed by atoms with Crippen molar-refractivity contribution < 1.29 is 0 Å². The number of nitrogens with two attached hydrogens (primary N) is 1. The van der Waals surface area contributed by atoms with E-state index in [-0.39, 0.29) is 0 Å². The van der Waals surface area contributed by atoms with Crippen LogP contribution in [0.5, 0.6) is 0 Å². The van der Waals surface area contributed by atoms with Crippen LogP contribution in [0.4, 0.5) is 0 Å². The topological polar surface area (TPSA) is 38.0 Å². The van der Waals surface area contributed by atoms with Gasteiger partial charge < -0.3 is 11.1 Å². The summed E-state index contributed by atoms with van der Waals surface area (Å²) in [6.45, 7) is 3.26. The minimum Gasteiger partial charge on any atom is -0.330 e. The second-order valence-corrected chi connectivity index (χ2v) is 6.03. The molecule has 94 valence electrons. The minimum atomic E-state index is 0.431. The van der Waals surface area contributed by atoms with Gasteiger partial charge in [0.25, 0.3) is 0 Å². The van der Waals surface area contributed by atoms with Crippen molar-refractivity contribution in [2.24, 2.45) is 17.1 Å². The molecule has 0 unspecified atom stereocenters. The molecule has 0 aromatic rings. The summed E-state index contributed by atoms with van der Waals surface area (Å²) in [7, 11) is 0. The van der Waals surface area contributed by atoms with Crippen LogP contribution in [0.25, 0.3) is 0 Å². The molecule has 0 atom stereocenters. The summed E-state index contributed by atoms with van der Waals surface area (Å²) in [6, 6.07) is 0. The van der Waals surface area contributed by atoms with Crippen molar-refractivity contribution in [2.75, 3.05) is 19.6 Å². The van der Waals surface area contributed by atoms with Crippen LogP contribution in [0.15, 0.2) is 0 Å². The Hall–Kier alpha value is -0.0800. The summed E-state index contributed by atoms with van der Waals surface area (Å²) in [5.41, 5.74) is 6.45. The highest BCUT2D eigenvalue weighted by atomic mass is 14.9. The fraction of sp³-hybridized carbons (Fsp3) is 1.00. The first-order valence-electron chi connectivity index (χ1n) is 7.25. The van der Waals surface area contributed by atoms with Crippen molar-refractivity contribution in [1.82, 2.24) is 5.32 Å². The van der Waals surface area contributed by atoms with Gasteiger partial charge >= 0.3 is 0 Å². The molecular formula is C14H28N2. The van der Waals surface area contributed by atoms with Crippen LogP contribution in [0.3, 0.4) is 0 Å². The van der Waals surface area contributed by atoms with Crippen LogP contribution in [-0.4, -0.2) is 19.6 Å². The van der Waals surface area contributed by atoms with Gasteiger partial charge in [0, 0.05) is 6.54 Å². The first kappa shape index (κ1) is 12.4. The summed E-state index contributed by atoms with van der Waals surface area (Å²) < 4.78 is 0. The first-order chi connectivity index (χ1) is 7.85. The Balaban J connectivity index is 1.68. The van der Waals surface area contributed by atoms with Gasteiger partial charge in [-0.3, -0.25) is 0 Å². The molecule has 0 spiro atoms. The molecule has 0 bridgehead atoms. The van der Waals surface area contributed by atoms with Crippen LogP contribution in [0.2, 0.25) is 0 Å². The molecule has 0 radical (unpaired) electrons. The van der Waals surface area contributed by atoms with Crippen LogP contribution in [0, 0.1) is 11.3 Å². The summed E-state index contributed by atoms with van der Waals surface area (Å²) in [5.74, 6) is 1.05. The molecule has 2 fully saturated rings. The maximum absolute atomic E-state index is 6.02. The van der Waals surface area contributed by atoms with E-state index in [1.807, 2.05) is 0 Å². The average Bonchev–Trinajstić information content (AvgIpc) is 3.13. The molecule has 0 aliphatic heterocycles. The molecular weight excluding hydrogens is 196 g/mol. The number of hydrogen-bond donors (Lipinski definition) is 2. The van der Waals surface area contributed by atoms with E-state index in [0.717, 1.165) is 19.0 Å². The third-order valence-corrected chi connectivity index (χ3v) is 4.52. The third kappa shape index (κ3) is 3.74. The van der Waals surface area contributed by atoms with Crippen LogP contribution >= 0.6 is 0 Å². The quantitative estimate of drug-likeness (QED) is 0.538. The van der Waals surface area contributed by atoms with E-state index in [9.17, 15) is 0 Å². The van der Waals surface area contributed by atoms with Crippen LogP contribution in [0.1, 0.15) is 57.8 Å². The Morgan fingerprint density at radius 3 is 2.31 bits per heavy atom. The van der Waals surface area contributed by atoms with Crippen molar-refractivity contribution in [3.05, 3.63) is 0 Å². The molecule has 0 amide bonds. The highest BCUT2D eigenvalue weighted by Crippen LogP contribution is 2.34. The van der Waals surface area contributed by atoms with Crippen molar-refractivity contribution in [3.8, 4) is 0 Å². The lowest BCUT2D eigenvalue weighted by molar-refractivity contribution is 0.242. The summed E-state index contributed by atoms with van der Waals surface area (Å²) >= 11 is 0. The van der Waals surface area contributed by atoms with Gasteiger partial charge in [-0.15, -0.1) is 0 Å². The number of nitrogens with one attached hydrogen (secondary N) is 1. The average molecular weight is 224 g/mol. The summed E-state index contributed by atoms with van der Waals surface area (Å²) in [6.07, 6.45) is 12.7. The zero-order valence-electron chi connectivity index (χ0n) is 10.6. The normalized spacial score (nSPS) is 25.3. The van der Waals surface area contributed by atoms with Gasteiger partial charge in [-0.05, 0) is 43.7 Å². The van der Waals surface area contributed by atoms with E-state index in [4.69, 9.17) is 5.73 Å². The van der Waals surface area contributed by atoms with Gasteiger partial charge in [-0.1, -0.05) is 38.5 Å². The molecule has 0 heterocycles. The van der Waals surface area contributed by atoms with E-state index in [2.05, 4.69) is 5.32 Å². The van der Waals surface area contributed by atoms with E-state index in [0.29, 0.717) is 5.41 Å². The summed E-state index contributed by atoms with van der Waals surface area (Å²) in [4.78, 5) is 0. The molecule has 2 saturated carbocycles. The molecule has 0 aromatic heterocycles. The van der Waals surface area contributed by atoms with E-state index < -0.39 is 0 Å². The van der Waals surface area contributed by atoms with Crippen LogP contribution in [-0.2, 0) is 0 Å². The SMILES string of the molecule is NCC1(CNCCC2CC2)CCCCCC1. The van der Waals surface area contributed by atoms with Gasteiger partial charge in [0.15, 0.2) is 0 Å². The highest BCUT2D eigenvalue weighted by molar-refractivity contribution is 4.85. The highest BCUT2D eigenvalue weighted by Gasteiger charge is 2.29. The first-order valence-corrected chi connectivity index (χ1v) is 7.25. The number of rotatable bonds is 6. The molecule has 2 aliphatic rings. The lowest BCUT2D eigenvalue weighted by Crippen LogP contribution is -2.40. The van der Waals surface area contributed by atoms with Crippen LogP contribution < -0.4 is 11.1 Å². The maximum atomic E-state index is 6.02. The smallest absolute Gasteiger partial charge is 0.00199 e. The lowest BCUT2D eigenvalue weighted by atomic mass is 9.80. The Bertz CT molecular complexity index is 191. The molecule has 0 aromatic carbocycles. The Morgan fingerprint density at radius 1 is 1.06 bits per heavy atom. The predicted molar refractivity (Wildman–Crippen MR) is 69.4 cm³/mol. The molecule has 2 heteroatoms. The number of hydrogen-bond acceptors (Lipinski definition) is 2. The fourth-order valence-corrected chi connectivity index (χ4v) is 3.00. The van der Waals surface area contributed by atoms with Gasteiger partial charge in [0.2, 0.25) is 0 Å². The van der Waals surface area contributed by atoms with Crippen molar-refractivity contribution >= 4 is 0 Å². The Kier molecular flexibility index (Phi) is 4.66. The molecule has 16 heavy (non-hydrogen) atoms. The molecule has 2 rings (SSSR count). The van der Waals surface area contributed by atoms with E-state index in [1.165, 1.54) is 64.3 Å². The lowest BCUT2D eigenvalue weighted by Gasteiger charge is -2.31. The second-order valence-electron chi connectivity index (χ2n) is 6.03. The molecule has 2 aliphatic carbocycles. The third-order valence-electron chi connectivity index (χ3n) is 4.52. The summed E-state index contributed by atoms with van der Waals surface area (Å²) in [5, 5.41) is 3.67. The minimum absolute atomic E-state index is 0.431. The Labute approximate surface area is 100 Å². The predicted octanol–water partition coefficient (Wildman–Crippen LogP) is 2.68. The monoisotopic (exact) mass is 224 g/mol. The van der Waals surface area contributed by atoms with Crippen molar-refractivity contribution in [2.45, 2.75) is 57.8 Å². The molecule has 0 saturated heterocycles. The standard InChI is InChI=1S/C14H28N2/c15-11-14(8-3-1-2-4-9-14)12-16-10-7-13-5-6-13/h13,16H,1-12,15H2. The Morgan fingerprint density at radius 2 is 1.75 bits per heavy atom. The zero-order chi connectivity index (χ0) is 11.3. The maximum Gasteiger partial charge on any atom is 0.00199 e. The second kappa shape index (κ2) is 6.02.